The number of fused-ring (bicyclic) bond motifs is 8. The van der Waals surface area contributed by atoms with E-state index in [0.717, 1.165) is 96.8 Å². The van der Waals surface area contributed by atoms with Crippen molar-refractivity contribution in [3.05, 3.63) is 212 Å². The number of carbonyl (C=O) groups is 2. The standard InChI is InChI=1S/2C40H47ClN2O6S/c2*1-27-8-6-19-40(25-44,48-2)34-15-12-31(34)23-43-24-39(18-7-11-29-21-32(41)14-16-33(29)39)26-49-36-17-13-30(22-35(36)43)38(45)42-50(46,47)37(27)20-28-9-4-3-5-10-28/h2*3-6,9-10,13-14,16-17,19,21-22,27,31,34,37,44H,7-8,11-12,15,18,20,23-26H2,1-2H3,(H,42,45)/b2*19-6+/t27-,31-,34+,37-,39-,40+;27-,31-,34+,37-,39-,40-/m00/s1. The van der Waals surface area contributed by atoms with Gasteiger partial charge in [0, 0.05) is 72.4 Å². The molecule has 20 heteroatoms. The topological polar surface area (TPSA) is 210 Å². The number of hydrogen-bond acceptors (Lipinski definition) is 14. The summed E-state index contributed by atoms with van der Waals surface area (Å²) in [6.07, 6.45) is 18.7. The van der Waals surface area contributed by atoms with Crippen LogP contribution in [0.15, 0.2) is 158 Å². The highest BCUT2D eigenvalue weighted by Crippen LogP contribution is 2.52. The largest absolute Gasteiger partial charge is 0.490 e. The third kappa shape index (κ3) is 14.4. The van der Waals surface area contributed by atoms with Gasteiger partial charge in [-0.15, -0.1) is 0 Å². The zero-order valence-corrected chi connectivity index (χ0v) is 60.8. The highest BCUT2D eigenvalue weighted by atomic mass is 35.5. The highest BCUT2D eigenvalue weighted by Gasteiger charge is 2.52. The van der Waals surface area contributed by atoms with Gasteiger partial charge in [-0.3, -0.25) is 9.59 Å². The third-order valence-corrected chi connectivity index (χ3v) is 28.0. The number of methoxy groups -OCH3 is 2. The molecule has 532 valence electrons. The van der Waals surface area contributed by atoms with Crippen LogP contribution in [0.3, 0.4) is 0 Å². The summed E-state index contributed by atoms with van der Waals surface area (Å²) in [7, 11) is -4.93. The molecule has 0 aromatic heterocycles. The van der Waals surface area contributed by atoms with Gasteiger partial charge in [0.2, 0.25) is 20.0 Å². The van der Waals surface area contributed by atoms with Crippen molar-refractivity contribution in [2.75, 3.05) is 76.6 Å². The average Bonchev–Trinajstić information content (AvgIpc) is 1.40. The number of aryl methyl sites for hydroxylation is 2. The predicted molar refractivity (Wildman–Crippen MR) is 393 cm³/mol. The number of aliphatic hydroxyl groups excluding tert-OH is 2. The Morgan fingerprint density at radius 1 is 0.550 bits per heavy atom. The van der Waals surface area contributed by atoms with E-state index >= 15 is 0 Å². The summed E-state index contributed by atoms with van der Waals surface area (Å²) < 4.78 is 86.8. The van der Waals surface area contributed by atoms with E-state index in [9.17, 15) is 36.6 Å². The molecule has 4 aliphatic carbocycles. The van der Waals surface area contributed by atoms with Crippen LogP contribution in [0.5, 0.6) is 11.5 Å². The monoisotopic (exact) mass is 1440 g/mol. The van der Waals surface area contributed by atoms with Gasteiger partial charge < -0.3 is 39.0 Å². The van der Waals surface area contributed by atoms with Crippen LogP contribution < -0.4 is 28.7 Å². The van der Waals surface area contributed by atoms with Crippen LogP contribution in [-0.4, -0.2) is 127 Å². The molecule has 6 aromatic rings. The number of benzene rings is 6. The highest BCUT2D eigenvalue weighted by molar-refractivity contribution is 7.91. The minimum atomic E-state index is -4.12. The van der Waals surface area contributed by atoms with Crippen LogP contribution in [0, 0.1) is 35.5 Å². The summed E-state index contributed by atoms with van der Waals surface area (Å²) in [6, 6.07) is 41.8. The van der Waals surface area contributed by atoms with E-state index in [1.54, 1.807) is 50.6 Å². The number of halogens is 2. The molecule has 0 radical (unpaired) electrons. The molecule has 100 heavy (non-hydrogen) atoms. The summed E-state index contributed by atoms with van der Waals surface area (Å²) >= 11 is 12.9. The van der Waals surface area contributed by atoms with Crippen molar-refractivity contribution in [1.29, 1.82) is 0 Å². The molecule has 0 saturated heterocycles. The zero-order valence-electron chi connectivity index (χ0n) is 57.6. The van der Waals surface area contributed by atoms with Crippen molar-refractivity contribution in [3.63, 3.8) is 0 Å². The quantitative estimate of drug-likeness (QED) is 0.105. The van der Waals surface area contributed by atoms with Crippen molar-refractivity contribution in [2.45, 2.75) is 136 Å². The number of rotatable bonds is 8. The van der Waals surface area contributed by atoms with Gasteiger partial charge in [-0.1, -0.05) is 134 Å². The molecule has 0 unspecified atom stereocenters. The van der Waals surface area contributed by atoms with Crippen molar-refractivity contribution in [2.24, 2.45) is 35.5 Å². The minimum absolute atomic E-state index is 0.0494. The Bertz CT molecular complexity index is 4000. The van der Waals surface area contributed by atoms with E-state index < -0.39 is 53.6 Å². The zero-order chi connectivity index (χ0) is 70.2. The van der Waals surface area contributed by atoms with E-state index in [1.165, 1.54) is 22.3 Å². The first-order valence-corrected chi connectivity index (χ1v) is 39.5. The molecular weight excluding hydrogens is 1340 g/mol. The van der Waals surface area contributed by atoms with Gasteiger partial charge in [0.25, 0.3) is 11.8 Å². The van der Waals surface area contributed by atoms with Crippen LogP contribution in [0.25, 0.3) is 0 Å². The third-order valence-electron chi connectivity index (χ3n) is 23.8. The maximum atomic E-state index is 14.1. The SMILES string of the molecule is CO[C@@]1(CO)/C=C/C[C@H](C)[C@H](Cc2ccccc2)S(=O)(=O)NC(=O)c2ccc3c(c2)N(C[C@@H]2CC[C@H]21)C[C@@]1(CCCc2cc(Cl)ccc21)CO3.CO[C@]1(CO)/C=C/C[C@H](C)[C@H](Cc2ccccc2)S(=O)(=O)NC(=O)c2ccc3c(c2)N(C[C@@H]2CC[C@H]21)C[C@@]1(CCCc2cc(Cl)ccc21)CO3. The molecule has 8 aliphatic rings. The minimum Gasteiger partial charge on any atom is -0.490 e. The molecule has 12 atom stereocenters. The molecule has 2 saturated carbocycles. The van der Waals surface area contributed by atoms with Crippen LogP contribution >= 0.6 is 23.2 Å². The lowest BCUT2D eigenvalue weighted by Gasteiger charge is -2.50. The number of hydrogen-bond donors (Lipinski definition) is 4. The fourth-order valence-corrected chi connectivity index (χ4v) is 21.5. The van der Waals surface area contributed by atoms with Crippen molar-refractivity contribution in [3.8, 4) is 11.5 Å². The number of aliphatic hydroxyl groups is 2. The van der Waals surface area contributed by atoms with E-state index in [-0.39, 0.29) is 83.5 Å². The number of nitrogens with zero attached hydrogens (tertiary/aromatic N) is 2. The Morgan fingerprint density at radius 3 is 1.33 bits per heavy atom. The summed E-state index contributed by atoms with van der Waals surface area (Å²) in [6.45, 7) is 7.04. The number of allylic oxidation sites excluding steroid dienone is 2. The molecule has 16 nitrogen and oxygen atoms in total. The molecule has 2 amide bonds. The normalized spacial score (nSPS) is 31.3. The lowest BCUT2D eigenvalue weighted by Crippen LogP contribution is -2.54. The molecular formula is C80H94Cl2N4O12S2. The van der Waals surface area contributed by atoms with Gasteiger partial charge >= 0.3 is 0 Å². The van der Waals surface area contributed by atoms with Crippen LogP contribution in [-0.2, 0) is 66.0 Å². The van der Waals surface area contributed by atoms with E-state index in [4.69, 9.17) is 42.1 Å². The average molecular weight is 1440 g/mol. The summed E-state index contributed by atoms with van der Waals surface area (Å²) in [5.41, 5.74) is 6.34. The number of ether oxygens (including phenoxy) is 4. The fraction of sp³-hybridized carbons (Fsp3) is 0.475. The van der Waals surface area contributed by atoms with Crippen LogP contribution in [0.4, 0.5) is 11.4 Å². The van der Waals surface area contributed by atoms with Crippen molar-refractivity contribution < 1.29 is 55.6 Å². The lowest BCUT2D eigenvalue weighted by molar-refractivity contribution is -0.103. The second kappa shape index (κ2) is 29.5. The summed E-state index contributed by atoms with van der Waals surface area (Å²) in [5, 5.41) is 21.4. The van der Waals surface area contributed by atoms with Crippen molar-refractivity contribution in [1.82, 2.24) is 9.44 Å². The number of amides is 2. The first-order valence-electron chi connectivity index (χ1n) is 35.6. The number of sulfonamides is 2. The molecule has 4 aliphatic heterocycles. The summed E-state index contributed by atoms with van der Waals surface area (Å²) in [5.74, 6) is -0.151. The van der Waals surface area contributed by atoms with Gasteiger partial charge in [-0.25, -0.2) is 26.3 Å². The maximum Gasteiger partial charge on any atom is 0.264 e. The van der Waals surface area contributed by atoms with Crippen LogP contribution in [0.1, 0.15) is 132 Å². The Balaban J connectivity index is 0.000000179. The Morgan fingerprint density at radius 2 is 0.960 bits per heavy atom. The second-order valence-corrected chi connectivity index (χ2v) is 34.4. The molecule has 2 fully saturated rings. The molecule has 2 spiro atoms. The van der Waals surface area contributed by atoms with Gasteiger partial charge in [0.1, 0.15) is 22.7 Å². The summed E-state index contributed by atoms with van der Waals surface area (Å²) in [4.78, 5) is 32.4. The second-order valence-electron chi connectivity index (χ2n) is 29.7. The van der Waals surface area contributed by atoms with Crippen molar-refractivity contribution >= 4 is 66.4 Å². The van der Waals surface area contributed by atoms with Crippen LogP contribution in [0.2, 0.25) is 10.0 Å². The van der Waals surface area contributed by atoms with Gasteiger partial charge in [0.15, 0.2) is 0 Å². The molecule has 4 heterocycles. The predicted octanol–water partition coefficient (Wildman–Crippen LogP) is 13.0. The Kier molecular flexibility index (Phi) is 21.2. The first kappa shape index (κ1) is 71.6. The molecule has 4 N–H and O–H groups in total. The molecule has 4 bridgehead atoms. The van der Waals surface area contributed by atoms with E-state index in [1.807, 2.05) is 111 Å². The smallest absolute Gasteiger partial charge is 0.264 e. The van der Waals surface area contributed by atoms with Gasteiger partial charge in [-0.05, 0) is 219 Å². The number of anilines is 2. The fourth-order valence-electron chi connectivity index (χ4n) is 17.8. The lowest BCUT2D eigenvalue weighted by atomic mass is 9.64. The van der Waals surface area contributed by atoms with E-state index in [0.29, 0.717) is 63.7 Å². The maximum absolute atomic E-state index is 14.1. The van der Waals surface area contributed by atoms with E-state index in [2.05, 4.69) is 43.5 Å². The van der Waals surface area contributed by atoms with Gasteiger partial charge in [0.05, 0.1) is 48.3 Å². The number of carbonyl (C=O) groups excluding carboxylic acids is 2. The van der Waals surface area contributed by atoms with Gasteiger partial charge in [-0.2, -0.15) is 0 Å². The molecule has 6 aromatic carbocycles. The Hall–Kier alpha value is -6.74. The molecule has 14 rings (SSSR count). The Labute approximate surface area is 599 Å². The number of nitrogens with one attached hydrogen (secondary N) is 2. The first-order chi connectivity index (χ1) is 48.1.